The van der Waals surface area contributed by atoms with Crippen LogP contribution in [0, 0.1) is 0 Å². The Hall–Kier alpha value is -0.870. The van der Waals surface area contributed by atoms with Crippen molar-refractivity contribution in [3.63, 3.8) is 0 Å². The molecule has 70 valence electrons. The average molecular weight is 186 g/mol. The molecule has 0 saturated carbocycles. The molecule has 0 aliphatic heterocycles. The lowest BCUT2D eigenvalue weighted by Gasteiger charge is -2.06. The lowest BCUT2D eigenvalue weighted by molar-refractivity contribution is 0.182. The largest absolute Gasteiger partial charge is 0.244 e. The molecule has 0 bridgehead atoms. The molecule has 0 aromatic rings. The molecule has 0 aliphatic carbocycles. The second-order valence-corrected chi connectivity index (χ2v) is 2.15. The summed E-state index contributed by atoms with van der Waals surface area (Å²) in [5, 5.41) is 0. The van der Waals surface area contributed by atoms with E-state index in [9.17, 15) is 22.0 Å². The summed E-state index contributed by atoms with van der Waals surface area (Å²) in [6, 6.07) is 0. The normalized spacial score (nSPS) is 18.2. The molecule has 5 heteroatoms. The Balaban J connectivity index is 4.66. The summed E-state index contributed by atoms with van der Waals surface area (Å²) in [4.78, 5) is 0. The second kappa shape index (κ2) is 4.23. The highest BCUT2D eigenvalue weighted by atomic mass is 19.2. The summed E-state index contributed by atoms with van der Waals surface area (Å²) in [5.74, 6) is -5.93. The van der Waals surface area contributed by atoms with Crippen LogP contribution in [0.2, 0.25) is 0 Å². The van der Waals surface area contributed by atoms with E-state index < -0.39 is 29.8 Å². The topological polar surface area (TPSA) is 0 Å². The molecule has 0 N–H and O–H groups in total. The summed E-state index contributed by atoms with van der Waals surface area (Å²) in [7, 11) is 0. The molecule has 0 radical (unpaired) electrons. The fraction of sp³-hybridized carbons (Fsp3) is 0.429. The Morgan fingerprint density at radius 3 is 1.83 bits per heavy atom. The van der Waals surface area contributed by atoms with Gasteiger partial charge >= 0.3 is 0 Å². The van der Waals surface area contributed by atoms with Crippen LogP contribution in [0.1, 0.15) is 6.92 Å². The van der Waals surface area contributed by atoms with Crippen molar-refractivity contribution in [3.05, 3.63) is 24.1 Å². The van der Waals surface area contributed by atoms with E-state index in [2.05, 4.69) is 6.58 Å². The zero-order valence-electron chi connectivity index (χ0n) is 6.25. The first-order valence-corrected chi connectivity index (χ1v) is 3.06. The Morgan fingerprint density at radius 1 is 1.17 bits per heavy atom. The van der Waals surface area contributed by atoms with Gasteiger partial charge < -0.3 is 0 Å². The average Bonchev–Trinajstić information content (AvgIpc) is 2.00. The van der Waals surface area contributed by atoms with E-state index in [4.69, 9.17) is 0 Å². The van der Waals surface area contributed by atoms with Crippen LogP contribution in [0.15, 0.2) is 24.1 Å². The molecule has 0 heterocycles. The van der Waals surface area contributed by atoms with Crippen LogP contribution >= 0.6 is 0 Å². The van der Waals surface area contributed by atoms with Crippen molar-refractivity contribution in [2.24, 2.45) is 0 Å². The Bertz CT molecular complexity index is 206. The molecule has 0 aromatic heterocycles. The second-order valence-electron chi connectivity index (χ2n) is 2.15. The minimum Gasteiger partial charge on any atom is -0.244 e. The third-order valence-electron chi connectivity index (χ3n) is 1.09. The highest BCUT2D eigenvalue weighted by molar-refractivity contribution is 5.21. The molecule has 0 nitrogen and oxygen atoms in total. The van der Waals surface area contributed by atoms with E-state index in [0.717, 1.165) is 0 Å². The first-order chi connectivity index (χ1) is 5.37. The predicted molar refractivity (Wildman–Crippen MR) is 35.0 cm³/mol. The Morgan fingerprint density at radius 2 is 1.58 bits per heavy atom. The molecular weight excluding hydrogens is 179 g/mol. The van der Waals surface area contributed by atoms with Gasteiger partial charge in [0.1, 0.15) is 6.17 Å². The van der Waals surface area contributed by atoms with Crippen LogP contribution in [-0.2, 0) is 0 Å². The highest BCUT2D eigenvalue weighted by Crippen LogP contribution is 2.24. The van der Waals surface area contributed by atoms with Crippen molar-refractivity contribution >= 4 is 0 Å². The van der Waals surface area contributed by atoms with Crippen molar-refractivity contribution in [2.45, 2.75) is 19.3 Å². The van der Waals surface area contributed by atoms with Gasteiger partial charge in [-0.25, -0.2) is 22.0 Å². The summed E-state index contributed by atoms with van der Waals surface area (Å²) in [5.41, 5.74) is 0. The minimum atomic E-state index is -2.78. The van der Waals surface area contributed by atoms with Crippen molar-refractivity contribution in [3.8, 4) is 0 Å². The van der Waals surface area contributed by atoms with Gasteiger partial charge in [0.2, 0.25) is 0 Å². The van der Waals surface area contributed by atoms with Crippen LogP contribution in [0.5, 0.6) is 0 Å². The predicted octanol–water partition coefficient (Wildman–Crippen LogP) is 3.32. The fourth-order valence-corrected chi connectivity index (χ4v) is 0.452. The minimum absolute atomic E-state index is 0.693. The first kappa shape index (κ1) is 11.1. The number of hydrogen-bond donors (Lipinski definition) is 0. The number of allylic oxidation sites excluding steroid dienone is 3. The quantitative estimate of drug-likeness (QED) is 0.468. The van der Waals surface area contributed by atoms with Crippen molar-refractivity contribution in [1.82, 2.24) is 0 Å². The molecular formula is C7H7F5. The fourth-order valence-electron chi connectivity index (χ4n) is 0.452. The van der Waals surface area contributed by atoms with Gasteiger partial charge in [0.05, 0.1) is 0 Å². The zero-order valence-corrected chi connectivity index (χ0v) is 6.25. The summed E-state index contributed by atoms with van der Waals surface area (Å²) in [6.07, 6.45) is -5.01. The van der Waals surface area contributed by atoms with E-state index in [0.29, 0.717) is 6.92 Å². The first-order valence-electron chi connectivity index (χ1n) is 3.06. The molecule has 12 heavy (non-hydrogen) atoms. The van der Waals surface area contributed by atoms with Gasteiger partial charge in [-0.1, -0.05) is 6.58 Å². The van der Waals surface area contributed by atoms with Gasteiger partial charge in [-0.3, -0.25) is 0 Å². The monoisotopic (exact) mass is 186 g/mol. The van der Waals surface area contributed by atoms with Gasteiger partial charge in [0.15, 0.2) is 23.7 Å². The maximum Gasteiger partial charge on any atom is 0.192 e. The summed E-state index contributed by atoms with van der Waals surface area (Å²) in [6.45, 7) is 3.08. The third-order valence-corrected chi connectivity index (χ3v) is 1.09. The number of rotatable bonds is 3. The number of halogens is 5. The van der Waals surface area contributed by atoms with Gasteiger partial charge in [-0.05, 0) is 6.92 Å². The smallest absolute Gasteiger partial charge is 0.192 e. The SMILES string of the molecule is C=C(F)/C(F)=C(/F)[C@H](F)C(C)F. The van der Waals surface area contributed by atoms with E-state index >= 15 is 0 Å². The van der Waals surface area contributed by atoms with Crippen molar-refractivity contribution in [1.29, 1.82) is 0 Å². The molecule has 0 aliphatic rings. The molecule has 0 aromatic carbocycles. The summed E-state index contributed by atoms with van der Waals surface area (Å²) >= 11 is 0. The number of hydrogen-bond acceptors (Lipinski definition) is 0. The van der Waals surface area contributed by atoms with E-state index in [1.807, 2.05) is 0 Å². The maximum atomic E-state index is 12.3. The standard InChI is InChI=1S/C7H7F5/c1-3(8)5(10)7(12)6(11)4(2)9/h4,6H,1H2,2H3/b7-5-/t4?,6-/m1/s1. The van der Waals surface area contributed by atoms with E-state index in [-0.39, 0.29) is 0 Å². The number of alkyl halides is 2. The van der Waals surface area contributed by atoms with Crippen LogP contribution in [0.25, 0.3) is 0 Å². The molecule has 0 rings (SSSR count). The molecule has 0 spiro atoms. The van der Waals surface area contributed by atoms with Crippen LogP contribution in [0.4, 0.5) is 22.0 Å². The van der Waals surface area contributed by atoms with E-state index in [1.165, 1.54) is 0 Å². The van der Waals surface area contributed by atoms with Crippen molar-refractivity contribution < 1.29 is 22.0 Å². The Kier molecular flexibility index (Phi) is 3.92. The van der Waals surface area contributed by atoms with Crippen LogP contribution in [0.3, 0.4) is 0 Å². The van der Waals surface area contributed by atoms with Gasteiger partial charge in [0, 0.05) is 0 Å². The van der Waals surface area contributed by atoms with Gasteiger partial charge in [-0.2, -0.15) is 0 Å². The summed E-state index contributed by atoms with van der Waals surface area (Å²) < 4.78 is 60.5. The van der Waals surface area contributed by atoms with Crippen LogP contribution in [-0.4, -0.2) is 12.3 Å². The molecule has 0 fully saturated rings. The third kappa shape index (κ3) is 2.64. The van der Waals surface area contributed by atoms with E-state index in [1.54, 1.807) is 0 Å². The molecule has 2 atom stereocenters. The lowest BCUT2D eigenvalue weighted by Crippen LogP contribution is -2.14. The maximum absolute atomic E-state index is 12.3. The zero-order chi connectivity index (χ0) is 9.89. The Labute approximate surface area is 66.4 Å². The van der Waals surface area contributed by atoms with Crippen molar-refractivity contribution in [2.75, 3.05) is 0 Å². The lowest BCUT2D eigenvalue weighted by atomic mass is 10.2. The highest BCUT2D eigenvalue weighted by Gasteiger charge is 2.25. The van der Waals surface area contributed by atoms with Gasteiger partial charge in [0.25, 0.3) is 0 Å². The molecule has 0 saturated heterocycles. The molecule has 0 amide bonds. The molecule has 1 unspecified atom stereocenters. The van der Waals surface area contributed by atoms with Gasteiger partial charge in [-0.15, -0.1) is 0 Å². The van der Waals surface area contributed by atoms with Crippen LogP contribution < -0.4 is 0 Å².